The predicted octanol–water partition coefficient (Wildman–Crippen LogP) is 3.47. The Hall–Kier alpha value is -2.53. The zero-order valence-electron chi connectivity index (χ0n) is 12.8. The van der Waals surface area contributed by atoms with E-state index in [1.54, 1.807) is 17.0 Å². The summed E-state index contributed by atoms with van der Waals surface area (Å²) >= 11 is 0. The van der Waals surface area contributed by atoms with E-state index in [-0.39, 0.29) is 18.7 Å². The van der Waals surface area contributed by atoms with Crippen LogP contribution in [0.3, 0.4) is 0 Å². The van der Waals surface area contributed by atoms with E-state index in [9.17, 15) is 4.79 Å². The molecule has 23 heavy (non-hydrogen) atoms. The van der Waals surface area contributed by atoms with Gasteiger partial charge in [0.25, 0.3) is 0 Å². The van der Waals surface area contributed by atoms with Crippen LogP contribution in [0.5, 0.6) is 11.5 Å². The van der Waals surface area contributed by atoms with Crippen molar-refractivity contribution in [3.05, 3.63) is 54.6 Å². The number of carbonyl (C=O) groups is 1. The zero-order valence-corrected chi connectivity index (χ0v) is 12.8. The molecule has 2 N–H and O–H groups in total. The maximum absolute atomic E-state index is 12.2. The molecular formula is C18H20N2O3. The van der Waals surface area contributed by atoms with Gasteiger partial charge in [-0.2, -0.15) is 0 Å². The Labute approximate surface area is 135 Å². The van der Waals surface area contributed by atoms with Crippen molar-refractivity contribution in [2.75, 3.05) is 18.5 Å². The van der Waals surface area contributed by atoms with E-state index < -0.39 is 0 Å². The highest BCUT2D eigenvalue weighted by molar-refractivity contribution is 5.89. The maximum atomic E-state index is 12.2. The maximum Gasteiger partial charge on any atom is 0.322 e. The van der Waals surface area contributed by atoms with E-state index in [2.05, 4.69) is 5.32 Å². The van der Waals surface area contributed by atoms with Gasteiger partial charge in [-0.25, -0.2) is 4.79 Å². The van der Waals surface area contributed by atoms with Crippen LogP contribution < -0.4 is 10.1 Å². The molecule has 0 heterocycles. The van der Waals surface area contributed by atoms with Crippen LogP contribution in [0.1, 0.15) is 12.8 Å². The van der Waals surface area contributed by atoms with Crippen LogP contribution >= 0.6 is 0 Å². The second kappa shape index (κ2) is 7.15. The minimum absolute atomic E-state index is 0.0201. The summed E-state index contributed by atoms with van der Waals surface area (Å²) in [5.41, 5.74) is 0.707. The number of hydrogen-bond donors (Lipinski definition) is 2. The van der Waals surface area contributed by atoms with E-state index in [1.165, 1.54) is 0 Å². The van der Waals surface area contributed by atoms with Gasteiger partial charge in [0.05, 0.1) is 6.61 Å². The van der Waals surface area contributed by atoms with Gasteiger partial charge in [0.1, 0.15) is 11.5 Å². The third kappa shape index (κ3) is 4.23. The van der Waals surface area contributed by atoms with Gasteiger partial charge in [0.2, 0.25) is 0 Å². The van der Waals surface area contributed by atoms with Crippen LogP contribution in [-0.2, 0) is 0 Å². The topological polar surface area (TPSA) is 61.8 Å². The van der Waals surface area contributed by atoms with Crippen molar-refractivity contribution >= 4 is 11.7 Å². The van der Waals surface area contributed by atoms with Crippen molar-refractivity contribution in [3.63, 3.8) is 0 Å². The molecule has 0 aromatic heterocycles. The first-order chi connectivity index (χ1) is 11.3. The number of para-hydroxylation sites is 1. The lowest BCUT2D eigenvalue weighted by atomic mass is 10.3. The fraction of sp³-hybridized carbons (Fsp3) is 0.278. The van der Waals surface area contributed by atoms with E-state index in [0.29, 0.717) is 18.0 Å². The standard InChI is InChI=1S/C18H20N2O3/c21-13-12-20(15-8-9-15)18(22)19-14-6-10-17(11-7-14)23-16-4-2-1-3-5-16/h1-7,10-11,15,21H,8-9,12-13H2,(H,19,22). The van der Waals surface area contributed by atoms with Crippen molar-refractivity contribution < 1.29 is 14.6 Å². The molecular weight excluding hydrogens is 292 g/mol. The van der Waals surface area contributed by atoms with Crippen LogP contribution in [0, 0.1) is 0 Å². The van der Waals surface area contributed by atoms with Gasteiger partial charge in [-0.1, -0.05) is 18.2 Å². The molecule has 0 radical (unpaired) electrons. The summed E-state index contributed by atoms with van der Waals surface area (Å²) in [6.45, 7) is 0.347. The van der Waals surface area contributed by atoms with Crippen LogP contribution in [0.4, 0.5) is 10.5 Å². The van der Waals surface area contributed by atoms with Gasteiger partial charge in [-0.05, 0) is 49.2 Å². The molecule has 0 aliphatic heterocycles. The minimum Gasteiger partial charge on any atom is -0.457 e. The Morgan fingerprint density at radius 1 is 1.09 bits per heavy atom. The Bertz CT molecular complexity index is 639. The summed E-state index contributed by atoms with van der Waals surface area (Å²) in [4.78, 5) is 13.9. The lowest BCUT2D eigenvalue weighted by Crippen LogP contribution is -2.38. The summed E-state index contributed by atoms with van der Waals surface area (Å²) < 4.78 is 5.72. The SMILES string of the molecule is O=C(Nc1ccc(Oc2ccccc2)cc1)N(CCO)C1CC1. The molecule has 5 nitrogen and oxygen atoms in total. The van der Waals surface area contributed by atoms with Gasteiger partial charge in [-0.15, -0.1) is 0 Å². The van der Waals surface area contributed by atoms with Gasteiger partial charge in [0, 0.05) is 18.3 Å². The fourth-order valence-electron chi connectivity index (χ4n) is 2.37. The van der Waals surface area contributed by atoms with E-state index in [0.717, 1.165) is 18.6 Å². The van der Waals surface area contributed by atoms with Crippen molar-refractivity contribution in [2.24, 2.45) is 0 Å². The first-order valence-corrected chi connectivity index (χ1v) is 7.78. The molecule has 1 aliphatic carbocycles. The Kier molecular flexibility index (Phi) is 4.78. The molecule has 2 aromatic carbocycles. The molecule has 2 aromatic rings. The summed E-state index contributed by atoms with van der Waals surface area (Å²) in [6, 6.07) is 16.9. The average molecular weight is 312 g/mol. The summed E-state index contributed by atoms with van der Waals surface area (Å²) in [5, 5.41) is 11.9. The smallest absolute Gasteiger partial charge is 0.322 e. The molecule has 0 spiro atoms. The van der Waals surface area contributed by atoms with Crippen LogP contribution in [0.25, 0.3) is 0 Å². The molecule has 0 saturated heterocycles. The number of aliphatic hydroxyl groups is 1. The number of ether oxygens (including phenoxy) is 1. The van der Waals surface area contributed by atoms with E-state index >= 15 is 0 Å². The van der Waals surface area contributed by atoms with Crippen molar-refractivity contribution in [3.8, 4) is 11.5 Å². The molecule has 1 saturated carbocycles. The van der Waals surface area contributed by atoms with Gasteiger partial charge in [0.15, 0.2) is 0 Å². The number of nitrogens with one attached hydrogen (secondary N) is 1. The molecule has 120 valence electrons. The molecule has 0 unspecified atom stereocenters. The van der Waals surface area contributed by atoms with E-state index in [4.69, 9.17) is 9.84 Å². The molecule has 5 heteroatoms. The van der Waals surface area contributed by atoms with Crippen LogP contribution in [0.2, 0.25) is 0 Å². The Morgan fingerprint density at radius 2 is 1.74 bits per heavy atom. The molecule has 0 bridgehead atoms. The largest absolute Gasteiger partial charge is 0.457 e. The first kappa shape index (κ1) is 15.4. The van der Waals surface area contributed by atoms with Gasteiger partial charge in [-0.3, -0.25) is 0 Å². The second-order valence-electron chi connectivity index (χ2n) is 5.52. The summed E-state index contributed by atoms with van der Waals surface area (Å²) in [6.07, 6.45) is 2.02. The number of anilines is 1. The Balaban J connectivity index is 1.59. The molecule has 1 fully saturated rings. The number of nitrogens with zero attached hydrogens (tertiary/aromatic N) is 1. The number of aliphatic hydroxyl groups excluding tert-OH is 1. The number of urea groups is 1. The lowest BCUT2D eigenvalue weighted by Gasteiger charge is -2.21. The van der Waals surface area contributed by atoms with Gasteiger partial charge < -0.3 is 20.1 Å². The number of hydrogen-bond acceptors (Lipinski definition) is 3. The molecule has 0 atom stereocenters. The normalized spacial score (nSPS) is 13.4. The van der Waals surface area contributed by atoms with Crippen LogP contribution in [-0.4, -0.2) is 35.2 Å². The predicted molar refractivity (Wildman–Crippen MR) is 88.8 cm³/mol. The molecule has 3 rings (SSSR count). The number of rotatable bonds is 6. The quantitative estimate of drug-likeness (QED) is 0.858. The van der Waals surface area contributed by atoms with Crippen LogP contribution in [0.15, 0.2) is 54.6 Å². The van der Waals surface area contributed by atoms with Gasteiger partial charge >= 0.3 is 6.03 Å². The minimum atomic E-state index is -0.168. The zero-order chi connectivity index (χ0) is 16.1. The third-order valence-electron chi connectivity index (χ3n) is 3.67. The molecule has 1 aliphatic rings. The van der Waals surface area contributed by atoms with E-state index in [1.807, 2.05) is 42.5 Å². The number of carbonyl (C=O) groups excluding carboxylic acids is 1. The van der Waals surface area contributed by atoms with Crippen molar-refractivity contribution in [1.29, 1.82) is 0 Å². The highest BCUT2D eigenvalue weighted by Crippen LogP contribution is 2.27. The second-order valence-corrected chi connectivity index (χ2v) is 5.52. The molecule has 2 amide bonds. The average Bonchev–Trinajstić information content (AvgIpc) is 3.40. The van der Waals surface area contributed by atoms with Crippen molar-refractivity contribution in [2.45, 2.75) is 18.9 Å². The number of benzene rings is 2. The summed E-state index contributed by atoms with van der Waals surface area (Å²) in [5.74, 6) is 1.48. The Morgan fingerprint density at radius 3 is 2.35 bits per heavy atom. The monoisotopic (exact) mass is 312 g/mol. The fourth-order valence-corrected chi connectivity index (χ4v) is 2.37. The first-order valence-electron chi connectivity index (χ1n) is 7.78. The van der Waals surface area contributed by atoms with Crippen molar-refractivity contribution in [1.82, 2.24) is 4.90 Å². The highest BCUT2D eigenvalue weighted by Gasteiger charge is 2.32. The third-order valence-corrected chi connectivity index (χ3v) is 3.67. The lowest BCUT2D eigenvalue weighted by molar-refractivity contribution is 0.185. The number of amides is 2. The highest BCUT2D eigenvalue weighted by atomic mass is 16.5. The summed E-state index contributed by atoms with van der Waals surface area (Å²) in [7, 11) is 0.